The van der Waals surface area contributed by atoms with Crippen molar-refractivity contribution in [3.8, 4) is 5.75 Å². The Morgan fingerprint density at radius 1 is 1.12 bits per heavy atom. The third-order valence-electron chi connectivity index (χ3n) is 1.87. The Kier molecular flexibility index (Phi) is 5.74. The molecular weight excluding hydrogens is 216 g/mol. The predicted octanol–water partition coefficient (Wildman–Crippen LogP) is 1.71. The second-order valence-electron chi connectivity index (χ2n) is 3.18. The lowest BCUT2D eigenvalue weighted by molar-refractivity contribution is 0.0980. The molecule has 2 N–H and O–H groups in total. The molecule has 0 amide bonds. The molecule has 90 valence electrons. The number of halogens is 2. The topological polar surface area (TPSA) is 44.5 Å². The van der Waals surface area contributed by atoms with Gasteiger partial charge in [0.25, 0.3) is 0 Å². The van der Waals surface area contributed by atoms with E-state index in [1.807, 2.05) is 0 Å². The van der Waals surface area contributed by atoms with Gasteiger partial charge in [0.1, 0.15) is 12.4 Å². The van der Waals surface area contributed by atoms with Gasteiger partial charge >= 0.3 is 0 Å². The van der Waals surface area contributed by atoms with Crippen molar-refractivity contribution >= 4 is 0 Å². The molecule has 0 aromatic heterocycles. The van der Waals surface area contributed by atoms with Crippen molar-refractivity contribution in [2.75, 3.05) is 26.4 Å². The number of ether oxygens (including phenoxy) is 2. The minimum Gasteiger partial charge on any atom is -0.488 e. The maximum Gasteiger partial charge on any atom is 0.167 e. The minimum atomic E-state index is -0.707. The van der Waals surface area contributed by atoms with Crippen molar-refractivity contribution < 1.29 is 18.3 Å². The molecule has 16 heavy (non-hydrogen) atoms. The van der Waals surface area contributed by atoms with Crippen LogP contribution in [0.4, 0.5) is 8.78 Å². The van der Waals surface area contributed by atoms with Crippen molar-refractivity contribution in [2.45, 2.75) is 6.42 Å². The molecule has 0 bridgehead atoms. The number of hydrogen-bond acceptors (Lipinski definition) is 3. The highest BCUT2D eigenvalue weighted by Gasteiger charge is 2.03. The molecule has 1 aromatic carbocycles. The molecule has 0 saturated heterocycles. The van der Waals surface area contributed by atoms with Crippen molar-refractivity contribution in [1.82, 2.24) is 0 Å². The summed E-state index contributed by atoms with van der Waals surface area (Å²) in [7, 11) is 0. The molecule has 3 nitrogen and oxygen atoms in total. The molecule has 0 fully saturated rings. The average Bonchev–Trinajstić information content (AvgIpc) is 2.26. The van der Waals surface area contributed by atoms with Gasteiger partial charge in [-0.2, -0.15) is 0 Å². The van der Waals surface area contributed by atoms with Crippen molar-refractivity contribution in [3.05, 3.63) is 29.8 Å². The molecule has 0 unspecified atom stereocenters. The van der Waals surface area contributed by atoms with E-state index in [0.29, 0.717) is 19.8 Å². The minimum absolute atomic E-state index is 0.0313. The van der Waals surface area contributed by atoms with Crippen LogP contribution in [0.3, 0.4) is 0 Å². The van der Waals surface area contributed by atoms with Gasteiger partial charge in [-0.15, -0.1) is 0 Å². The highest BCUT2D eigenvalue weighted by Crippen LogP contribution is 2.17. The lowest BCUT2D eigenvalue weighted by Crippen LogP contribution is -2.10. The summed E-state index contributed by atoms with van der Waals surface area (Å²) in [5.41, 5.74) is 5.27. The van der Waals surface area contributed by atoms with E-state index in [1.54, 1.807) is 0 Å². The summed E-state index contributed by atoms with van der Waals surface area (Å²) >= 11 is 0. The summed E-state index contributed by atoms with van der Waals surface area (Å²) in [6.45, 7) is 1.73. The first kappa shape index (κ1) is 12.9. The van der Waals surface area contributed by atoms with Gasteiger partial charge in [-0.1, -0.05) is 0 Å². The third kappa shape index (κ3) is 4.55. The Labute approximate surface area is 93.2 Å². The maximum atomic E-state index is 13.1. The predicted molar refractivity (Wildman–Crippen MR) is 56.3 cm³/mol. The van der Waals surface area contributed by atoms with Gasteiger partial charge in [0, 0.05) is 12.7 Å². The zero-order valence-electron chi connectivity index (χ0n) is 8.92. The lowest BCUT2D eigenvalue weighted by Gasteiger charge is -2.07. The molecule has 1 rings (SSSR count). The zero-order chi connectivity index (χ0) is 11.8. The number of rotatable bonds is 7. The summed E-state index contributed by atoms with van der Waals surface area (Å²) in [6.07, 6.45) is 0.783. The molecule has 0 saturated carbocycles. The van der Waals surface area contributed by atoms with Gasteiger partial charge < -0.3 is 15.2 Å². The van der Waals surface area contributed by atoms with E-state index in [9.17, 15) is 8.78 Å². The molecular formula is C11H15F2NO2. The molecule has 0 atom stereocenters. The fourth-order valence-corrected chi connectivity index (χ4v) is 1.09. The number of nitrogens with two attached hydrogens (primary N) is 1. The van der Waals surface area contributed by atoms with E-state index in [1.165, 1.54) is 6.07 Å². The van der Waals surface area contributed by atoms with E-state index in [0.717, 1.165) is 18.6 Å². The summed E-state index contributed by atoms with van der Waals surface area (Å²) < 4.78 is 35.8. The molecule has 0 spiro atoms. The Morgan fingerprint density at radius 2 is 1.94 bits per heavy atom. The molecule has 1 aromatic rings. The van der Waals surface area contributed by atoms with E-state index in [-0.39, 0.29) is 12.4 Å². The van der Waals surface area contributed by atoms with Crippen LogP contribution < -0.4 is 10.5 Å². The van der Waals surface area contributed by atoms with E-state index >= 15 is 0 Å². The van der Waals surface area contributed by atoms with Crippen LogP contribution in [0, 0.1) is 11.6 Å². The van der Waals surface area contributed by atoms with Gasteiger partial charge in [-0.3, -0.25) is 0 Å². The molecule has 0 aliphatic carbocycles. The SMILES string of the molecule is NCCCOCCOc1ccc(F)cc1F. The molecule has 0 aliphatic heterocycles. The van der Waals surface area contributed by atoms with Crippen LogP contribution in [0.1, 0.15) is 6.42 Å². The van der Waals surface area contributed by atoms with Gasteiger partial charge in [-0.05, 0) is 25.1 Å². The quantitative estimate of drug-likeness (QED) is 0.726. The smallest absolute Gasteiger partial charge is 0.167 e. The van der Waals surface area contributed by atoms with Crippen LogP contribution in [0.5, 0.6) is 5.75 Å². The van der Waals surface area contributed by atoms with Crippen LogP contribution in [0.2, 0.25) is 0 Å². The normalized spacial score (nSPS) is 10.4. The first-order chi connectivity index (χ1) is 7.74. The summed E-state index contributed by atoms with van der Waals surface area (Å²) in [5.74, 6) is -1.30. The Hall–Kier alpha value is -1.20. The average molecular weight is 231 g/mol. The van der Waals surface area contributed by atoms with E-state index in [4.69, 9.17) is 15.2 Å². The van der Waals surface area contributed by atoms with Gasteiger partial charge in [0.15, 0.2) is 11.6 Å². The van der Waals surface area contributed by atoms with E-state index < -0.39 is 11.6 Å². The van der Waals surface area contributed by atoms with E-state index in [2.05, 4.69) is 0 Å². The highest BCUT2D eigenvalue weighted by atomic mass is 19.1. The van der Waals surface area contributed by atoms with Crippen LogP contribution in [-0.2, 0) is 4.74 Å². The largest absolute Gasteiger partial charge is 0.488 e. The van der Waals surface area contributed by atoms with Gasteiger partial charge in [-0.25, -0.2) is 8.78 Å². The Bertz CT molecular complexity index is 321. The standard InChI is InChI=1S/C11H15F2NO2/c12-9-2-3-11(10(13)8-9)16-7-6-15-5-1-4-14/h2-3,8H,1,4-7,14H2. The molecule has 5 heteroatoms. The summed E-state index contributed by atoms with van der Waals surface area (Å²) in [4.78, 5) is 0. The maximum absolute atomic E-state index is 13.1. The summed E-state index contributed by atoms with van der Waals surface area (Å²) in [6, 6.07) is 3.18. The fourth-order valence-electron chi connectivity index (χ4n) is 1.09. The molecule has 0 radical (unpaired) electrons. The second kappa shape index (κ2) is 7.14. The van der Waals surface area contributed by atoms with Crippen molar-refractivity contribution in [3.63, 3.8) is 0 Å². The van der Waals surface area contributed by atoms with Gasteiger partial charge in [0.05, 0.1) is 6.61 Å². The number of hydrogen-bond donors (Lipinski definition) is 1. The second-order valence-corrected chi connectivity index (χ2v) is 3.18. The first-order valence-electron chi connectivity index (χ1n) is 5.09. The Balaban J connectivity index is 2.21. The van der Waals surface area contributed by atoms with Crippen molar-refractivity contribution in [2.24, 2.45) is 5.73 Å². The third-order valence-corrected chi connectivity index (χ3v) is 1.87. The Morgan fingerprint density at radius 3 is 2.62 bits per heavy atom. The van der Waals surface area contributed by atoms with Crippen molar-refractivity contribution in [1.29, 1.82) is 0 Å². The molecule has 0 aliphatic rings. The lowest BCUT2D eigenvalue weighted by atomic mass is 10.3. The summed E-state index contributed by atoms with van der Waals surface area (Å²) in [5, 5.41) is 0. The van der Waals surface area contributed by atoms with Crippen LogP contribution in [0.15, 0.2) is 18.2 Å². The zero-order valence-corrected chi connectivity index (χ0v) is 8.92. The highest BCUT2D eigenvalue weighted by molar-refractivity contribution is 5.24. The molecule has 0 heterocycles. The van der Waals surface area contributed by atoms with Crippen LogP contribution in [0.25, 0.3) is 0 Å². The number of benzene rings is 1. The fraction of sp³-hybridized carbons (Fsp3) is 0.455. The van der Waals surface area contributed by atoms with Crippen LogP contribution >= 0.6 is 0 Å². The monoisotopic (exact) mass is 231 g/mol. The van der Waals surface area contributed by atoms with Crippen LogP contribution in [-0.4, -0.2) is 26.4 Å². The van der Waals surface area contributed by atoms with Gasteiger partial charge in [0.2, 0.25) is 0 Å². The first-order valence-corrected chi connectivity index (χ1v) is 5.09.